The number of aliphatic imine (C=N–C) groups is 1. The van der Waals surface area contributed by atoms with Gasteiger partial charge in [0.2, 0.25) is 5.91 Å². The summed E-state index contributed by atoms with van der Waals surface area (Å²) in [5.41, 5.74) is 3.06. The van der Waals surface area contributed by atoms with Gasteiger partial charge < -0.3 is 10.1 Å². The quantitative estimate of drug-likeness (QED) is 0.738. The van der Waals surface area contributed by atoms with Gasteiger partial charge in [0, 0.05) is 28.9 Å². The molecule has 0 aliphatic carbocycles. The van der Waals surface area contributed by atoms with E-state index in [-0.39, 0.29) is 11.9 Å². The minimum absolute atomic E-state index is 0.0397. The van der Waals surface area contributed by atoms with Crippen molar-refractivity contribution in [3.63, 3.8) is 0 Å². The first-order valence-electron chi connectivity index (χ1n) is 8.10. The highest BCUT2D eigenvalue weighted by Gasteiger charge is 2.15. The topological polar surface area (TPSA) is 50.7 Å². The second-order valence-corrected chi connectivity index (χ2v) is 6.81. The second kappa shape index (κ2) is 8.83. The lowest BCUT2D eigenvalue weighted by molar-refractivity contribution is -0.120. The molecule has 0 unspecified atom stereocenters. The fraction of sp³-hybridized carbons (Fsp3) is 0.368. The SMILES string of the molecule is C=C1CCOc2cc(CC(=O)N[C@H](C)C=N/C=C(/Br)CC)ccc21. The molecule has 2 rings (SSSR count). The Kier molecular flexibility index (Phi) is 6.79. The number of benzene rings is 1. The van der Waals surface area contributed by atoms with Gasteiger partial charge in [0.25, 0.3) is 0 Å². The van der Waals surface area contributed by atoms with E-state index in [1.165, 1.54) is 0 Å². The van der Waals surface area contributed by atoms with Gasteiger partial charge in [-0.2, -0.15) is 0 Å². The molecule has 1 N–H and O–H groups in total. The third kappa shape index (κ3) is 5.34. The van der Waals surface area contributed by atoms with Crippen LogP contribution < -0.4 is 10.1 Å². The molecule has 0 radical (unpaired) electrons. The van der Waals surface area contributed by atoms with E-state index in [1.807, 2.05) is 32.0 Å². The van der Waals surface area contributed by atoms with Crippen LogP contribution in [0.1, 0.15) is 37.8 Å². The monoisotopic (exact) mass is 390 g/mol. The maximum absolute atomic E-state index is 12.2. The van der Waals surface area contributed by atoms with Crippen LogP contribution in [0.5, 0.6) is 5.75 Å². The molecule has 1 aromatic rings. The van der Waals surface area contributed by atoms with Crippen molar-refractivity contribution < 1.29 is 9.53 Å². The van der Waals surface area contributed by atoms with Crippen LogP contribution in [-0.4, -0.2) is 24.8 Å². The number of allylic oxidation sites excluding steroid dienone is 1. The predicted octanol–water partition coefficient (Wildman–Crippen LogP) is 4.25. The number of hydrogen-bond donors (Lipinski definition) is 1. The summed E-state index contributed by atoms with van der Waals surface area (Å²) < 4.78 is 6.68. The van der Waals surface area contributed by atoms with Crippen molar-refractivity contribution in [3.05, 3.63) is 46.6 Å². The van der Waals surface area contributed by atoms with E-state index in [0.717, 1.165) is 39.8 Å². The maximum Gasteiger partial charge on any atom is 0.224 e. The molecule has 128 valence electrons. The Labute approximate surface area is 151 Å². The molecule has 0 aromatic heterocycles. The van der Waals surface area contributed by atoms with Crippen LogP contribution in [0.15, 0.2) is 40.5 Å². The van der Waals surface area contributed by atoms with E-state index >= 15 is 0 Å². The number of ether oxygens (including phenoxy) is 1. The highest BCUT2D eigenvalue weighted by atomic mass is 79.9. The molecule has 24 heavy (non-hydrogen) atoms. The van der Waals surface area contributed by atoms with Crippen LogP contribution in [0.2, 0.25) is 0 Å². The molecule has 1 aromatic carbocycles. The van der Waals surface area contributed by atoms with Crippen molar-refractivity contribution in [3.8, 4) is 5.75 Å². The van der Waals surface area contributed by atoms with E-state index in [0.29, 0.717) is 13.0 Å². The molecule has 4 nitrogen and oxygen atoms in total. The molecule has 0 saturated carbocycles. The largest absolute Gasteiger partial charge is 0.493 e. The number of nitrogens with zero attached hydrogens (tertiary/aromatic N) is 1. The van der Waals surface area contributed by atoms with Crippen molar-refractivity contribution in [1.29, 1.82) is 0 Å². The molecule has 0 fully saturated rings. The van der Waals surface area contributed by atoms with E-state index in [4.69, 9.17) is 4.74 Å². The average molecular weight is 391 g/mol. The van der Waals surface area contributed by atoms with Gasteiger partial charge in [-0.25, -0.2) is 0 Å². The van der Waals surface area contributed by atoms with Crippen LogP contribution >= 0.6 is 15.9 Å². The molecule has 0 spiro atoms. The first kappa shape index (κ1) is 18.5. The Morgan fingerprint density at radius 1 is 1.54 bits per heavy atom. The van der Waals surface area contributed by atoms with Gasteiger partial charge >= 0.3 is 0 Å². The Morgan fingerprint density at radius 3 is 3.08 bits per heavy atom. The zero-order chi connectivity index (χ0) is 17.5. The van der Waals surface area contributed by atoms with E-state index in [2.05, 4.69) is 32.8 Å². The number of rotatable bonds is 6. The first-order valence-corrected chi connectivity index (χ1v) is 8.90. The summed E-state index contributed by atoms with van der Waals surface area (Å²) in [4.78, 5) is 16.3. The van der Waals surface area contributed by atoms with Gasteiger partial charge in [0.15, 0.2) is 0 Å². The smallest absolute Gasteiger partial charge is 0.224 e. The fourth-order valence-corrected chi connectivity index (χ4v) is 2.50. The molecular weight excluding hydrogens is 368 g/mol. The summed E-state index contributed by atoms with van der Waals surface area (Å²) in [6.45, 7) is 8.64. The summed E-state index contributed by atoms with van der Waals surface area (Å²) in [5.74, 6) is 0.780. The Bertz CT molecular complexity index is 680. The minimum atomic E-state index is -0.125. The Balaban J connectivity index is 1.92. The Morgan fingerprint density at radius 2 is 2.33 bits per heavy atom. The Hall–Kier alpha value is -1.88. The van der Waals surface area contributed by atoms with E-state index in [9.17, 15) is 4.79 Å². The predicted molar refractivity (Wildman–Crippen MR) is 103 cm³/mol. The van der Waals surface area contributed by atoms with Crippen LogP contribution in [0.4, 0.5) is 0 Å². The molecule has 1 aliphatic heterocycles. The summed E-state index contributed by atoms with van der Waals surface area (Å²) >= 11 is 3.40. The van der Waals surface area contributed by atoms with Gasteiger partial charge in [-0.3, -0.25) is 9.79 Å². The van der Waals surface area contributed by atoms with E-state index in [1.54, 1.807) is 12.4 Å². The minimum Gasteiger partial charge on any atom is -0.493 e. The molecule has 0 bridgehead atoms. The van der Waals surface area contributed by atoms with Gasteiger partial charge in [-0.15, -0.1) is 0 Å². The van der Waals surface area contributed by atoms with Gasteiger partial charge in [-0.1, -0.05) is 41.6 Å². The average Bonchev–Trinajstić information content (AvgIpc) is 2.54. The number of amides is 1. The van der Waals surface area contributed by atoms with Crippen molar-refractivity contribution in [2.75, 3.05) is 6.61 Å². The summed E-state index contributed by atoms with van der Waals surface area (Å²) in [7, 11) is 0. The third-order valence-electron chi connectivity index (χ3n) is 3.70. The number of carbonyl (C=O) groups is 1. The zero-order valence-corrected chi connectivity index (χ0v) is 15.7. The number of hydrogen-bond acceptors (Lipinski definition) is 3. The number of nitrogens with one attached hydrogen (secondary N) is 1. The van der Waals surface area contributed by atoms with Crippen LogP contribution in [0, 0.1) is 0 Å². The van der Waals surface area contributed by atoms with Crippen LogP contribution in [0.3, 0.4) is 0 Å². The highest BCUT2D eigenvalue weighted by Crippen LogP contribution is 2.32. The lowest BCUT2D eigenvalue weighted by atomic mass is 9.99. The molecule has 5 heteroatoms. The van der Waals surface area contributed by atoms with Crippen molar-refractivity contribution in [1.82, 2.24) is 5.32 Å². The van der Waals surface area contributed by atoms with Gasteiger partial charge in [0.05, 0.1) is 19.1 Å². The first-order chi connectivity index (χ1) is 11.5. The van der Waals surface area contributed by atoms with Crippen molar-refractivity contribution >= 4 is 33.6 Å². The van der Waals surface area contributed by atoms with Gasteiger partial charge in [0.1, 0.15) is 5.75 Å². The van der Waals surface area contributed by atoms with Crippen LogP contribution in [0.25, 0.3) is 5.57 Å². The molecule has 1 heterocycles. The lowest BCUT2D eigenvalue weighted by Crippen LogP contribution is -2.34. The van der Waals surface area contributed by atoms with E-state index < -0.39 is 0 Å². The molecule has 1 aliphatic rings. The maximum atomic E-state index is 12.2. The van der Waals surface area contributed by atoms with Gasteiger partial charge in [-0.05, 0) is 30.5 Å². The standard InChI is InChI=1S/C19H23BrN2O2/c1-4-16(20)12-21-11-14(3)22-19(23)10-15-5-6-17-13(2)7-8-24-18(17)9-15/h5-6,9,11-12,14H,2,4,7-8,10H2,1,3H3,(H,22,23)/b16-12+,21-11?/t14-/m1/s1. The van der Waals surface area contributed by atoms with Crippen LogP contribution in [-0.2, 0) is 11.2 Å². The van der Waals surface area contributed by atoms with Crippen molar-refractivity contribution in [2.45, 2.75) is 39.2 Å². The number of carbonyl (C=O) groups excluding carboxylic acids is 1. The number of halogens is 1. The molecular formula is C19H23BrN2O2. The third-order valence-corrected chi connectivity index (χ3v) is 4.47. The highest BCUT2D eigenvalue weighted by molar-refractivity contribution is 9.11. The molecule has 0 saturated heterocycles. The number of fused-ring (bicyclic) bond motifs is 1. The molecule has 1 amide bonds. The normalized spacial score (nSPS) is 15.8. The summed E-state index contributed by atoms with van der Waals surface area (Å²) in [6.07, 6.45) is 5.53. The zero-order valence-electron chi connectivity index (χ0n) is 14.1. The van der Waals surface area contributed by atoms with Crippen molar-refractivity contribution in [2.24, 2.45) is 4.99 Å². The fourth-order valence-electron chi connectivity index (χ4n) is 2.38. The molecule has 1 atom stereocenters. The summed E-state index contributed by atoms with van der Waals surface area (Å²) in [5, 5.41) is 2.92. The summed E-state index contributed by atoms with van der Waals surface area (Å²) in [6, 6.07) is 5.74. The lowest BCUT2D eigenvalue weighted by Gasteiger charge is -2.20. The second-order valence-electron chi connectivity index (χ2n) is 5.79.